The van der Waals surface area contributed by atoms with Crippen LogP contribution in [0, 0.1) is 17.5 Å². The van der Waals surface area contributed by atoms with Gasteiger partial charge in [-0.1, -0.05) is 23.4 Å². The zero-order chi connectivity index (χ0) is 19.7. The van der Waals surface area contributed by atoms with E-state index in [4.69, 9.17) is 0 Å². The molecule has 2 aromatic carbocycles. The molecule has 0 bridgehead atoms. The second-order valence-corrected chi connectivity index (χ2v) is 5.86. The Bertz CT molecular complexity index is 1120. The largest absolute Gasteiger partial charge is 0.357 e. The second kappa shape index (κ2) is 7.10. The van der Waals surface area contributed by atoms with Crippen molar-refractivity contribution < 1.29 is 13.2 Å². The van der Waals surface area contributed by atoms with Crippen LogP contribution in [0.25, 0.3) is 28.1 Å². The molecule has 6 nitrogen and oxygen atoms in total. The van der Waals surface area contributed by atoms with Crippen LogP contribution in [-0.4, -0.2) is 32.0 Å². The Morgan fingerprint density at radius 2 is 1.61 bits per heavy atom. The van der Waals surface area contributed by atoms with Gasteiger partial charge in [0.1, 0.15) is 23.1 Å². The summed E-state index contributed by atoms with van der Waals surface area (Å²) in [6, 6.07) is 7.57. The van der Waals surface area contributed by atoms with E-state index in [1.165, 1.54) is 29.1 Å². The van der Waals surface area contributed by atoms with Crippen molar-refractivity contribution in [2.24, 2.45) is 0 Å². The van der Waals surface area contributed by atoms with Gasteiger partial charge in [-0.2, -0.15) is 0 Å². The monoisotopic (exact) mass is 382 g/mol. The van der Waals surface area contributed by atoms with Crippen LogP contribution in [-0.2, 0) is 0 Å². The first kappa shape index (κ1) is 17.7. The van der Waals surface area contributed by atoms with E-state index in [1.807, 2.05) is 0 Å². The minimum absolute atomic E-state index is 0.113. The average Bonchev–Trinajstić information content (AvgIpc) is 3.19. The van der Waals surface area contributed by atoms with Gasteiger partial charge < -0.3 is 5.32 Å². The van der Waals surface area contributed by atoms with E-state index < -0.39 is 23.0 Å². The first-order valence-corrected chi connectivity index (χ1v) is 8.23. The summed E-state index contributed by atoms with van der Waals surface area (Å²) < 4.78 is 44.3. The van der Waals surface area contributed by atoms with E-state index in [1.54, 1.807) is 19.4 Å². The zero-order valence-corrected chi connectivity index (χ0v) is 14.6. The van der Waals surface area contributed by atoms with Crippen molar-refractivity contribution in [2.45, 2.75) is 0 Å². The van der Waals surface area contributed by atoms with Crippen LogP contribution in [0.15, 0.2) is 55.0 Å². The molecule has 140 valence electrons. The molecule has 1 N–H and O–H groups in total. The number of hydrogen-bond acceptors (Lipinski definition) is 5. The third-order valence-electron chi connectivity index (χ3n) is 4.10. The predicted molar refractivity (Wildman–Crippen MR) is 97.2 cm³/mol. The minimum atomic E-state index is -0.904. The number of anilines is 1. The number of halogens is 3. The fourth-order valence-corrected chi connectivity index (χ4v) is 2.72. The van der Waals surface area contributed by atoms with Gasteiger partial charge in [-0.25, -0.2) is 27.8 Å². The van der Waals surface area contributed by atoms with Gasteiger partial charge in [0.05, 0.1) is 17.4 Å². The molecular formula is C19H13F3N6. The van der Waals surface area contributed by atoms with Crippen LogP contribution in [0.3, 0.4) is 0 Å². The molecule has 0 atom stereocenters. The maximum Gasteiger partial charge on any atom is 0.222 e. The van der Waals surface area contributed by atoms with Crippen LogP contribution in [0.1, 0.15) is 0 Å². The van der Waals surface area contributed by atoms with Gasteiger partial charge in [-0.05, 0) is 6.07 Å². The summed E-state index contributed by atoms with van der Waals surface area (Å²) >= 11 is 0. The summed E-state index contributed by atoms with van der Waals surface area (Å²) in [7, 11) is 1.69. The quantitative estimate of drug-likeness (QED) is 0.581. The molecule has 0 aliphatic rings. The van der Waals surface area contributed by atoms with Gasteiger partial charge in [0.2, 0.25) is 5.95 Å². The Balaban J connectivity index is 1.71. The average molecular weight is 382 g/mol. The third kappa shape index (κ3) is 3.18. The lowest BCUT2D eigenvalue weighted by Crippen LogP contribution is -2.00. The second-order valence-electron chi connectivity index (χ2n) is 5.86. The number of benzene rings is 2. The molecule has 0 radical (unpaired) electrons. The zero-order valence-electron chi connectivity index (χ0n) is 14.6. The molecule has 28 heavy (non-hydrogen) atoms. The van der Waals surface area contributed by atoms with E-state index in [2.05, 4.69) is 25.6 Å². The molecule has 2 heterocycles. The van der Waals surface area contributed by atoms with Gasteiger partial charge in [-0.3, -0.25) is 0 Å². The minimum Gasteiger partial charge on any atom is -0.357 e. The molecule has 0 saturated heterocycles. The van der Waals surface area contributed by atoms with Gasteiger partial charge in [0.25, 0.3) is 0 Å². The van der Waals surface area contributed by atoms with Crippen molar-refractivity contribution in [3.05, 3.63) is 72.4 Å². The molecule has 4 aromatic rings. The molecule has 0 amide bonds. The summed E-state index contributed by atoms with van der Waals surface area (Å²) in [5, 5.41) is 10.7. The lowest BCUT2D eigenvalue weighted by Gasteiger charge is -2.09. The lowest BCUT2D eigenvalue weighted by molar-refractivity contribution is 0.578. The maximum absolute atomic E-state index is 14.6. The highest BCUT2D eigenvalue weighted by Crippen LogP contribution is 2.30. The van der Waals surface area contributed by atoms with Crippen LogP contribution in [0.5, 0.6) is 0 Å². The van der Waals surface area contributed by atoms with E-state index in [0.717, 1.165) is 18.2 Å². The Kier molecular flexibility index (Phi) is 4.48. The van der Waals surface area contributed by atoms with E-state index in [0.29, 0.717) is 17.2 Å². The fourth-order valence-electron chi connectivity index (χ4n) is 2.72. The maximum atomic E-state index is 14.6. The number of hydrogen-bond donors (Lipinski definition) is 1. The van der Waals surface area contributed by atoms with Crippen molar-refractivity contribution in [2.75, 3.05) is 12.4 Å². The lowest BCUT2D eigenvalue weighted by atomic mass is 10.0. The van der Waals surface area contributed by atoms with Crippen LogP contribution >= 0.6 is 0 Å². The Labute approximate surface area is 157 Å². The van der Waals surface area contributed by atoms with Crippen molar-refractivity contribution in [1.82, 2.24) is 25.0 Å². The van der Waals surface area contributed by atoms with E-state index in [-0.39, 0.29) is 11.3 Å². The van der Waals surface area contributed by atoms with E-state index >= 15 is 0 Å². The highest BCUT2D eigenvalue weighted by Gasteiger charge is 2.18. The number of aromatic nitrogens is 5. The summed E-state index contributed by atoms with van der Waals surface area (Å²) in [5.74, 6) is -2.07. The summed E-state index contributed by atoms with van der Waals surface area (Å²) in [5.41, 5.74) is 0.556. The Morgan fingerprint density at radius 1 is 0.929 bits per heavy atom. The molecule has 0 spiro atoms. The van der Waals surface area contributed by atoms with Crippen LogP contribution in [0.4, 0.5) is 19.1 Å². The van der Waals surface area contributed by atoms with Crippen molar-refractivity contribution in [3.63, 3.8) is 0 Å². The van der Waals surface area contributed by atoms with Gasteiger partial charge in [-0.15, -0.1) is 5.10 Å². The first-order valence-electron chi connectivity index (χ1n) is 8.23. The topological polar surface area (TPSA) is 68.5 Å². The molecule has 4 rings (SSSR count). The predicted octanol–water partition coefficient (Wildman–Crippen LogP) is 3.85. The molecule has 0 fully saturated rings. The molecular weight excluding hydrogens is 369 g/mol. The standard InChI is InChI=1S/C19H13F3N6/c1-23-19-24-8-11(9-25-19)17-10-28(27-26-17)12-6-15(21)18(16(22)7-12)13-4-2-3-5-14(13)20/h2-10H,1H3,(H,23,24,25). The SMILES string of the molecule is CNc1ncc(-c2cn(-c3cc(F)c(-c4ccccc4F)c(F)c3)nn2)cn1. The van der Waals surface area contributed by atoms with Crippen molar-refractivity contribution >= 4 is 5.95 Å². The Morgan fingerprint density at radius 3 is 2.25 bits per heavy atom. The third-order valence-corrected chi connectivity index (χ3v) is 4.10. The number of rotatable bonds is 4. The molecule has 0 aliphatic carbocycles. The highest BCUT2D eigenvalue weighted by atomic mass is 19.1. The van der Waals surface area contributed by atoms with Crippen molar-refractivity contribution in [1.29, 1.82) is 0 Å². The molecule has 0 unspecified atom stereocenters. The molecule has 0 aliphatic heterocycles. The molecule has 2 aromatic heterocycles. The molecule has 9 heteroatoms. The highest BCUT2D eigenvalue weighted by molar-refractivity contribution is 5.67. The van der Waals surface area contributed by atoms with Crippen LogP contribution in [0.2, 0.25) is 0 Å². The van der Waals surface area contributed by atoms with Gasteiger partial charge >= 0.3 is 0 Å². The van der Waals surface area contributed by atoms with Crippen LogP contribution < -0.4 is 5.32 Å². The first-order chi connectivity index (χ1) is 13.6. The number of nitrogens with zero attached hydrogens (tertiary/aromatic N) is 5. The van der Waals surface area contributed by atoms with E-state index in [9.17, 15) is 13.2 Å². The summed E-state index contributed by atoms with van der Waals surface area (Å²) in [6.45, 7) is 0. The normalized spacial score (nSPS) is 10.9. The van der Waals surface area contributed by atoms with Gasteiger partial charge in [0.15, 0.2) is 0 Å². The van der Waals surface area contributed by atoms with Gasteiger partial charge in [0, 0.05) is 42.7 Å². The smallest absolute Gasteiger partial charge is 0.222 e. The Hall–Kier alpha value is -3.75. The molecule has 0 saturated carbocycles. The van der Waals surface area contributed by atoms with Crippen molar-refractivity contribution in [3.8, 4) is 28.1 Å². The fraction of sp³-hybridized carbons (Fsp3) is 0.0526. The number of nitrogens with one attached hydrogen (secondary N) is 1. The summed E-state index contributed by atoms with van der Waals surface area (Å²) in [4.78, 5) is 8.16. The summed E-state index contributed by atoms with van der Waals surface area (Å²) in [6.07, 6.45) is 4.60.